The normalized spacial score (nSPS) is 25.8. The molecule has 3 aliphatic rings. The van der Waals surface area contributed by atoms with Gasteiger partial charge in [0.25, 0.3) is 0 Å². The highest BCUT2D eigenvalue weighted by molar-refractivity contribution is 5.95. The summed E-state index contributed by atoms with van der Waals surface area (Å²) in [5.41, 5.74) is 0.844. The van der Waals surface area contributed by atoms with E-state index in [-0.39, 0.29) is 17.9 Å². The van der Waals surface area contributed by atoms with Crippen molar-refractivity contribution < 1.29 is 14.3 Å². The second-order valence-electron chi connectivity index (χ2n) is 9.05. The number of nitrogens with zero attached hydrogens (tertiary/aromatic N) is 4. The van der Waals surface area contributed by atoms with E-state index in [1.807, 2.05) is 12.1 Å². The highest BCUT2D eigenvalue weighted by Crippen LogP contribution is 2.30. The van der Waals surface area contributed by atoms with Crippen LogP contribution in [0.25, 0.3) is 0 Å². The molecule has 1 aliphatic carbocycles. The molecule has 7 nitrogen and oxygen atoms in total. The molecular formula is C23H34N4O3. The number of hydrogen-bond acceptors (Lipinski definition) is 5. The topological polar surface area (TPSA) is 66.0 Å². The highest BCUT2D eigenvalue weighted by atomic mass is 16.5. The second kappa shape index (κ2) is 9.33. The van der Waals surface area contributed by atoms with Gasteiger partial charge in [-0.05, 0) is 52.0 Å². The van der Waals surface area contributed by atoms with Crippen LogP contribution in [-0.2, 0) is 9.59 Å². The number of piperazine rings is 1. The van der Waals surface area contributed by atoms with E-state index < -0.39 is 0 Å². The van der Waals surface area contributed by atoms with Crippen molar-refractivity contribution in [3.63, 3.8) is 0 Å². The van der Waals surface area contributed by atoms with Gasteiger partial charge >= 0.3 is 0 Å². The molecule has 1 aromatic rings. The number of aromatic nitrogens is 1. The van der Waals surface area contributed by atoms with Crippen molar-refractivity contribution in [3.8, 4) is 5.88 Å². The van der Waals surface area contributed by atoms with Crippen LogP contribution in [0.15, 0.2) is 18.3 Å². The molecule has 0 N–H and O–H groups in total. The molecule has 0 atom stereocenters. The maximum atomic E-state index is 12.9. The quantitative estimate of drug-likeness (QED) is 0.741. The molecule has 0 aromatic carbocycles. The summed E-state index contributed by atoms with van der Waals surface area (Å²) in [6.45, 7) is 8.86. The minimum atomic E-state index is 0.110. The summed E-state index contributed by atoms with van der Waals surface area (Å²) >= 11 is 0. The lowest BCUT2D eigenvalue weighted by atomic mass is 9.86. The first kappa shape index (κ1) is 21.1. The molecule has 4 rings (SSSR count). The molecule has 3 heterocycles. The Labute approximate surface area is 179 Å². The van der Waals surface area contributed by atoms with Gasteiger partial charge in [0.1, 0.15) is 6.10 Å². The van der Waals surface area contributed by atoms with E-state index in [9.17, 15) is 9.59 Å². The number of rotatable bonds is 5. The third-order valence-electron chi connectivity index (χ3n) is 6.77. The lowest BCUT2D eigenvalue weighted by Crippen LogP contribution is -2.52. The zero-order chi connectivity index (χ0) is 21.1. The Hall–Kier alpha value is -2.15. The number of carbonyl (C=O) groups is 2. The summed E-state index contributed by atoms with van der Waals surface area (Å²) in [4.78, 5) is 35.5. The van der Waals surface area contributed by atoms with E-state index in [4.69, 9.17) is 4.74 Å². The molecule has 0 bridgehead atoms. The fourth-order valence-corrected chi connectivity index (χ4v) is 4.84. The molecular weight excluding hydrogens is 380 g/mol. The summed E-state index contributed by atoms with van der Waals surface area (Å²) in [5, 5.41) is 0. The third kappa shape index (κ3) is 4.77. The number of anilines is 1. The molecule has 7 heteroatoms. The Bertz CT molecular complexity index is 735. The van der Waals surface area contributed by atoms with Crippen LogP contribution in [0.4, 0.5) is 5.69 Å². The van der Waals surface area contributed by atoms with Gasteiger partial charge in [0.2, 0.25) is 17.7 Å². The molecule has 1 aromatic heterocycles. The van der Waals surface area contributed by atoms with Gasteiger partial charge in [-0.3, -0.25) is 14.5 Å². The molecule has 3 fully saturated rings. The molecule has 2 aliphatic heterocycles. The van der Waals surface area contributed by atoms with Crippen LogP contribution >= 0.6 is 0 Å². The van der Waals surface area contributed by atoms with Crippen LogP contribution < -0.4 is 9.64 Å². The van der Waals surface area contributed by atoms with Crippen molar-refractivity contribution >= 4 is 17.5 Å². The van der Waals surface area contributed by atoms with E-state index in [0.29, 0.717) is 24.2 Å². The Kier molecular flexibility index (Phi) is 6.56. The van der Waals surface area contributed by atoms with Gasteiger partial charge in [-0.25, -0.2) is 4.98 Å². The monoisotopic (exact) mass is 414 g/mol. The first-order valence-corrected chi connectivity index (χ1v) is 11.5. The van der Waals surface area contributed by atoms with E-state index in [1.54, 1.807) is 11.1 Å². The zero-order valence-electron chi connectivity index (χ0n) is 18.3. The van der Waals surface area contributed by atoms with Gasteiger partial charge < -0.3 is 14.5 Å². The number of hydrogen-bond donors (Lipinski definition) is 0. The van der Waals surface area contributed by atoms with Crippen molar-refractivity contribution in [1.29, 1.82) is 0 Å². The lowest BCUT2D eigenvalue weighted by molar-refractivity contribution is -0.139. The Morgan fingerprint density at radius 2 is 1.80 bits per heavy atom. The van der Waals surface area contributed by atoms with Crippen molar-refractivity contribution in [2.45, 2.75) is 64.5 Å². The summed E-state index contributed by atoms with van der Waals surface area (Å²) in [5.74, 6) is 1.23. The van der Waals surface area contributed by atoms with Crippen LogP contribution in [-0.4, -0.2) is 71.5 Å². The van der Waals surface area contributed by atoms with Crippen LogP contribution in [0.2, 0.25) is 0 Å². The molecule has 164 valence electrons. The summed E-state index contributed by atoms with van der Waals surface area (Å²) in [7, 11) is 0. The fourth-order valence-electron chi connectivity index (χ4n) is 4.84. The molecule has 2 saturated heterocycles. The molecule has 0 unspecified atom stereocenters. The first-order chi connectivity index (χ1) is 14.5. The van der Waals surface area contributed by atoms with Crippen LogP contribution in [0, 0.1) is 5.92 Å². The zero-order valence-corrected chi connectivity index (χ0v) is 18.3. The SMILES string of the molecule is CC(C)N1CCN(C(=O)C2CCC(Oc3ccc(N4CCCC4=O)cn3)CC2)CC1. The number of ether oxygens (including phenoxy) is 1. The van der Waals surface area contributed by atoms with Crippen LogP contribution in [0.1, 0.15) is 52.4 Å². The molecule has 1 saturated carbocycles. The Morgan fingerprint density at radius 1 is 1.07 bits per heavy atom. The predicted octanol–water partition coefficient (Wildman–Crippen LogP) is 2.70. The minimum Gasteiger partial charge on any atom is -0.474 e. The van der Waals surface area contributed by atoms with Crippen molar-refractivity contribution in [1.82, 2.24) is 14.8 Å². The maximum absolute atomic E-state index is 12.9. The largest absolute Gasteiger partial charge is 0.474 e. The molecule has 0 radical (unpaired) electrons. The Morgan fingerprint density at radius 3 is 2.37 bits per heavy atom. The Balaban J connectivity index is 1.23. The van der Waals surface area contributed by atoms with Crippen molar-refractivity contribution in [2.75, 3.05) is 37.6 Å². The molecule has 30 heavy (non-hydrogen) atoms. The smallest absolute Gasteiger partial charge is 0.227 e. The third-order valence-corrected chi connectivity index (χ3v) is 6.77. The van der Waals surface area contributed by atoms with Crippen LogP contribution in [0.5, 0.6) is 5.88 Å². The number of carbonyl (C=O) groups excluding carboxylic acids is 2. The summed E-state index contributed by atoms with van der Waals surface area (Å²) < 4.78 is 6.07. The van der Waals surface area contributed by atoms with E-state index in [1.165, 1.54) is 0 Å². The van der Waals surface area contributed by atoms with E-state index in [2.05, 4.69) is 28.6 Å². The fraction of sp³-hybridized carbons (Fsp3) is 0.696. The average molecular weight is 415 g/mol. The summed E-state index contributed by atoms with van der Waals surface area (Å²) in [6.07, 6.45) is 6.90. The number of pyridine rings is 1. The lowest BCUT2D eigenvalue weighted by Gasteiger charge is -2.39. The highest BCUT2D eigenvalue weighted by Gasteiger charge is 2.32. The van der Waals surface area contributed by atoms with Gasteiger partial charge in [-0.2, -0.15) is 0 Å². The molecule has 0 spiro atoms. The predicted molar refractivity (Wildman–Crippen MR) is 115 cm³/mol. The summed E-state index contributed by atoms with van der Waals surface area (Å²) in [6, 6.07) is 4.32. The van der Waals surface area contributed by atoms with Crippen molar-refractivity contribution in [3.05, 3.63) is 18.3 Å². The van der Waals surface area contributed by atoms with Crippen molar-refractivity contribution in [2.24, 2.45) is 5.92 Å². The van der Waals surface area contributed by atoms with Gasteiger partial charge in [-0.15, -0.1) is 0 Å². The van der Waals surface area contributed by atoms with Gasteiger partial charge in [0, 0.05) is 57.2 Å². The van der Waals surface area contributed by atoms with Gasteiger partial charge in [-0.1, -0.05) is 0 Å². The van der Waals surface area contributed by atoms with Gasteiger partial charge in [0.05, 0.1) is 11.9 Å². The minimum absolute atomic E-state index is 0.110. The average Bonchev–Trinajstić information content (AvgIpc) is 3.20. The van der Waals surface area contributed by atoms with E-state index >= 15 is 0 Å². The van der Waals surface area contributed by atoms with Crippen LogP contribution in [0.3, 0.4) is 0 Å². The molecule has 2 amide bonds. The number of amides is 2. The standard InChI is InChI=1S/C23H34N4O3/c1-17(2)25-12-14-26(15-13-25)23(29)18-5-8-20(9-6-18)30-21-10-7-19(16-24-21)27-11-3-4-22(27)28/h7,10,16-18,20H,3-6,8-9,11-15H2,1-2H3. The van der Waals surface area contributed by atoms with Gasteiger partial charge in [0.15, 0.2) is 0 Å². The maximum Gasteiger partial charge on any atom is 0.227 e. The first-order valence-electron chi connectivity index (χ1n) is 11.5. The second-order valence-corrected chi connectivity index (χ2v) is 9.05. The van der Waals surface area contributed by atoms with E-state index in [0.717, 1.165) is 70.5 Å².